The average Bonchev–Trinajstić information content (AvgIpc) is 2.66. The molecule has 0 aliphatic carbocycles. The Labute approximate surface area is 98.8 Å². The van der Waals surface area contributed by atoms with Gasteiger partial charge in [-0.1, -0.05) is 11.6 Å². The molecule has 0 saturated heterocycles. The van der Waals surface area contributed by atoms with Crippen molar-refractivity contribution in [3.63, 3.8) is 0 Å². The molecule has 1 heterocycles. The summed E-state index contributed by atoms with van der Waals surface area (Å²) in [5, 5.41) is 2.08. The van der Waals surface area contributed by atoms with Crippen LogP contribution >= 0.6 is 0 Å². The molecule has 3 aromatic rings. The molecule has 0 aliphatic rings. The van der Waals surface area contributed by atoms with Gasteiger partial charge in [-0.05, 0) is 44.2 Å². The lowest BCUT2D eigenvalue weighted by Gasteiger charge is -1.95. The van der Waals surface area contributed by atoms with E-state index in [0.717, 1.165) is 27.5 Å². The molecule has 0 atom stereocenters. The van der Waals surface area contributed by atoms with E-state index >= 15 is 0 Å². The largest absolute Gasteiger partial charge is 0.456 e. The molecule has 0 aliphatic heterocycles. The molecule has 84 valence electrons. The molecule has 1 aromatic heterocycles. The summed E-state index contributed by atoms with van der Waals surface area (Å²) in [6.45, 7) is 3.63. The van der Waals surface area contributed by atoms with E-state index in [1.165, 1.54) is 5.56 Å². The SMILES string of the molecule is CC(=O)c1ccc2oc3ccc(C)cc3c2c1. The van der Waals surface area contributed by atoms with Gasteiger partial charge >= 0.3 is 0 Å². The highest BCUT2D eigenvalue weighted by atomic mass is 16.3. The van der Waals surface area contributed by atoms with Gasteiger partial charge in [-0.2, -0.15) is 0 Å². The average molecular weight is 224 g/mol. The highest BCUT2D eigenvalue weighted by Gasteiger charge is 2.09. The van der Waals surface area contributed by atoms with Crippen molar-refractivity contribution in [3.8, 4) is 0 Å². The van der Waals surface area contributed by atoms with Gasteiger partial charge in [0.15, 0.2) is 5.78 Å². The Morgan fingerprint density at radius 3 is 2.35 bits per heavy atom. The minimum absolute atomic E-state index is 0.0777. The molecule has 0 bridgehead atoms. The summed E-state index contributed by atoms with van der Waals surface area (Å²) in [7, 11) is 0. The summed E-state index contributed by atoms with van der Waals surface area (Å²) < 4.78 is 5.73. The lowest BCUT2D eigenvalue weighted by atomic mass is 10.1. The van der Waals surface area contributed by atoms with E-state index in [4.69, 9.17) is 4.42 Å². The molecule has 0 unspecified atom stereocenters. The van der Waals surface area contributed by atoms with Crippen LogP contribution in [0.2, 0.25) is 0 Å². The van der Waals surface area contributed by atoms with Crippen molar-refractivity contribution >= 4 is 27.7 Å². The number of carbonyl (C=O) groups excluding carboxylic acids is 1. The van der Waals surface area contributed by atoms with Crippen molar-refractivity contribution in [3.05, 3.63) is 47.5 Å². The summed E-state index contributed by atoms with van der Waals surface area (Å²) in [6.07, 6.45) is 0. The predicted octanol–water partition coefficient (Wildman–Crippen LogP) is 4.10. The van der Waals surface area contributed by atoms with Gasteiger partial charge in [0.1, 0.15) is 11.2 Å². The molecule has 2 heteroatoms. The monoisotopic (exact) mass is 224 g/mol. The van der Waals surface area contributed by atoms with Crippen molar-refractivity contribution in [1.29, 1.82) is 0 Å². The zero-order valence-electron chi connectivity index (χ0n) is 9.78. The second-order valence-electron chi connectivity index (χ2n) is 4.37. The van der Waals surface area contributed by atoms with Gasteiger partial charge in [0, 0.05) is 16.3 Å². The quantitative estimate of drug-likeness (QED) is 0.582. The van der Waals surface area contributed by atoms with Crippen LogP contribution in [0, 0.1) is 6.92 Å². The van der Waals surface area contributed by atoms with Gasteiger partial charge in [0.2, 0.25) is 0 Å². The zero-order valence-corrected chi connectivity index (χ0v) is 9.78. The number of Topliss-reactive ketones (excluding diaryl/α,β-unsaturated/α-hetero) is 1. The van der Waals surface area contributed by atoms with Gasteiger partial charge in [0.05, 0.1) is 0 Å². The third-order valence-electron chi connectivity index (χ3n) is 3.03. The molecule has 2 nitrogen and oxygen atoms in total. The number of carbonyl (C=O) groups is 1. The molecule has 0 spiro atoms. The van der Waals surface area contributed by atoms with Crippen LogP contribution in [-0.2, 0) is 0 Å². The fourth-order valence-electron chi connectivity index (χ4n) is 2.11. The van der Waals surface area contributed by atoms with Crippen LogP contribution < -0.4 is 0 Å². The van der Waals surface area contributed by atoms with Gasteiger partial charge in [-0.25, -0.2) is 0 Å². The Morgan fingerprint density at radius 1 is 1.00 bits per heavy atom. The first-order chi connectivity index (χ1) is 8.15. The first kappa shape index (κ1) is 10.1. The molecule has 0 N–H and O–H groups in total. The Balaban J connectivity index is 2.43. The molecular weight excluding hydrogens is 212 g/mol. The van der Waals surface area contributed by atoms with Gasteiger partial charge in [-0.15, -0.1) is 0 Å². The standard InChI is InChI=1S/C15H12O2/c1-9-3-5-14-12(7-9)13-8-11(10(2)16)4-6-15(13)17-14/h3-8H,1-2H3. The third kappa shape index (κ3) is 1.53. The molecule has 0 saturated carbocycles. The van der Waals surface area contributed by atoms with Gasteiger partial charge in [-0.3, -0.25) is 4.79 Å². The Bertz CT molecular complexity index is 735. The molecule has 0 radical (unpaired) electrons. The van der Waals surface area contributed by atoms with Crippen molar-refractivity contribution in [2.24, 2.45) is 0 Å². The number of aryl methyl sites for hydroxylation is 1. The van der Waals surface area contributed by atoms with E-state index in [1.54, 1.807) is 13.0 Å². The van der Waals surface area contributed by atoms with E-state index in [-0.39, 0.29) is 5.78 Å². The lowest BCUT2D eigenvalue weighted by Crippen LogP contribution is -1.89. The third-order valence-corrected chi connectivity index (χ3v) is 3.03. The van der Waals surface area contributed by atoms with Crippen molar-refractivity contribution in [2.75, 3.05) is 0 Å². The fourth-order valence-corrected chi connectivity index (χ4v) is 2.11. The number of benzene rings is 2. The highest BCUT2D eigenvalue weighted by Crippen LogP contribution is 2.30. The van der Waals surface area contributed by atoms with E-state index in [2.05, 4.69) is 6.07 Å². The van der Waals surface area contributed by atoms with Crippen LogP contribution in [0.25, 0.3) is 21.9 Å². The highest BCUT2D eigenvalue weighted by molar-refractivity contribution is 6.08. The van der Waals surface area contributed by atoms with Gasteiger partial charge < -0.3 is 4.42 Å². The normalized spacial score (nSPS) is 11.2. The van der Waals surface area contributed by atoms with Crippen LogP contribution in [-0.4, -0.2) is 5.78 Å². The lowest BCUT2D eigenvalue weighted by molar-refractivity contribution is 0.101. The number of furan rings is 1. The Kier molecular flexibility index (Phi) is 2.05. The van der Waals surface area contributed by atoms with Crippen LogP contribution in [0.4, 0.5) is 0 Å². The maximum absolute atomic E-state index is 11.4. The van der Waals surface area contributed by atoms with Crippen LogP contribution in [0.15, 0.2) is 40.8 Å². The van der Waals surface area contributed by atoms with E-state index in [1.807, 2.05) is 31.2 Å². The summed E-state index contributed by atoms with van der Waals surface area (Å²) >= 11 is 0. The molecule has 2 aromatic carbocycles. The second-order valence-corrected chi connectivity index (χ2v) is 4.37. The van der Waals surface area contributed by atoms with Crippen LogP contribution in [0.1, 0.15) is 22.8 Å². The Morgan fingerprint density at radius 2 is 1.65 bits per heavy atom. The maximum Gasteiger partial charge on any atom is 0.159 e. The number of rotatable bonds is 1. The second kappa shape index (κ2) is 3.45. The van der Waals surface area contributed by atoms with Crippen molar-refractivity contribution in [1.82, 2.24) is 0 Å². The zero-order chi connectivity index (χ0) is 12.0. The number of fused-ring (bicyclic) bond motifs is 3. The molecule has 0 amide bonds. The molecular formula is C15H12O2. The van der Waals surface area contributed by atoms with Crippen molar-refractivity contribution in [2.45, 2.75) is 13.8 Å². The number of ketones is 1. The number of hydrogen-bond acceptors (Lipinski definition) is 2. The first-order valence-electron chi connectivity index (χ1n) is 5.59. The topological polar surface area (TPSA) is 30.2 Å². The summed E-state index contributed by atoms with van der Waals surface area (Å²) in [5.41, 5.74) is 3.61. The van der Waals surface area contributed by atoms with E-state index < -0.39 is 0 Å². The van der Waals surface area contributed by atoms with Crippen LogP contribution in [0.5, 0.6) is 0 Å². The van der Waals surface area contributed by atoms with Gasteiger partial charge in [0.25, 0.3) is 0 Å². The first-order valence-corrected chi connectivity index (χ1v) is 5.59. The molecule has 3 rings (SSSR count). The smallest absolute Gasteiger partial charge is 0.159 e. The minimum Gasteiger partial charge on any atom is -0.456 e. The molecule has 17 heavy (non-hydrogen) atoms. The molecule has 0 fully saturated rings. The maximum atomic E-state index is 11.4. The van der Waals surface area contributed by atoms with E-state index in [9.17, 15) is 4.79 Å². The van der Waals surface area contributed by atoms with E-state index in [0.29, 0.717) is 0 Å². The van der Waals surface area contributed by atoms with Crippen LogP contribution in [0.3, 0.4) is 0 Å². The fraction of sp³-hybridized carbons (Fsp3) is 0.133. The summed E-state index contributed by atoms with van der Waals surface area (Å²) in [5.74, 6) is 0.0777. The predicted molar refractivity (Wildman–Crippen MR) is 68.5 cm³/mol. The number of hydrogen-bond donors (Lipinski definition) is 0. The minimum atomic E-state index is 0.0777. The van der Waals surface area contributed by atoms with Crippen molar-refractivity contribution < 1.29 is 9.21 Å². The summed E-state index contributed by atoms with van der Waals surface area (Å²) in [4.78, 5) is 11.4. The summed E-state index contributed by atoms with van der Waals surface area (Å²) in [6, 6.07) is 11.7. The Hall–Kier alpha value is -2.09.